The van der Waals surface area contributed by atoms with Gasteiger partial charge in [-0.1, -0.05) is 42.5 Å². The van der Waals surface area contributed by atoms with E-state index in [2.05, 4.69) is 37.3 Å². The van der Waals surface area contributed by atoms with Crippen LogP contribution in [-0.4, -0.2) is 10.2 Å². The monoisotopic (exact) mass is 288 g/mol. The molecule has 0 aliphatic carbocycles. The summed E-state index contributed by atoms with van der Waals surface area (Å²) in [4.78, 5) is 0. The molecule has 0 saturated heterocycles. The fraction of sp³-hybridized carbons (Fsp3) is 0.100. The largest absolute Gasteiger partial charge is 0.504 e. The number of aromatic hydroxyl groups is 2. The van der Waals surface area contributed by atoms with Gasteiger partial charge in [0, 0.05) is 5.39 Å². The van der Waals surface area contributed by atoms with Gasteiger partial charge < -0.3 is 10.2 Å². The molecule has 4 aromatic carbocycles. The van der Waals surface area contributed by atoms with E-state index in [0.717, 1.165) is 27.3 Å². The van der Waals surface area contributed by atoms with Crippen molar-refractivity contribution in [1.29, 1.82) is 0 Å². The highest BCUT2D eigenvalue weighted by molar-refractivity contribution is 6.17. The van der Waals surface area contributed by atoms with Gasteiger partial charge in [0.1, 0.15) is 0 Å². The highest BCUT2D eigenvalue weighted by Crippen LogP contribution is 2.42. The Morgan fingerprint density at radius 3 is 2.09 bits per heavy atom. The lowest BCUT2D eigenvalue weighted by Gasteiger charge is -2.15. The Kier molecular flexibility index (Phi) is 2.58. The molecule has 4 aromatic rings. The Bertz CT molecular complexity index is 1060. The van der Waals surface area contributed by atoms with Crippen molar-refractivity contribution in [2.75, 3.05) is 0 Å². The molecule has 0 saturated carbocycles. The third kappa shape index (κ3) is 1.55. The SMILES string of the molecule is Cc1c2ccc3ccccc3c2c(C)c2ccc(O)c(O)c12. The Hall–Kier alpha value is -2.74. The first-order valence-corrected chi connectivity index (χ1v) is 7.35. The highest BCUT2D eigenvalue weighted by atomic mass is 16.3. The normalized spacial score (nSPS) is 11.5. The lowest BCUT2D eigenvalue weighted by atomic mass is 9.89. The quantitative estimate of drug-likeness (QED) is 0.266. The van der Waals surface area contributed by atoms with Crippen molar-refractivity contribution in [2.45, 2.75) is 13.8 Å². The molecule has 2 nitrogen and oxygen atoms in total. The maximum absolute atomic E-state index is 10.3. The van der Waals surface area contributed by atoms with Crippen LogP contribution < -0.4 is 0 Å². The van der Waals surface area contributed by atoms with Crippen molar-refractivity contribution < 1.29 is 10.2 Å². The first-order chi connectivity index (χ1) is 10.6. The van der Waals surface area contributed by atoms with Gasteiger partial charge in [-0.2, -0.15) is 0 Å². The average molecular weight is 288 g/mol. The van der Waals surface area contributed by atoms with Gasteiger partial charge in [-0.05, 0) is 58.0 Å². The second kappa shape index (κ2) is 4.38. The van der Waals surface area contributed by atoms with Gasteiger partial charge in [0.2, 0.25) is 0 Å². The van der Waals surface area contributed by atoms with E-state index in [1.54, 1.807) is 6.07 Å². The third-order valence-corrected chi connectivity index (χ3v) is 4.64. The summed E-state index contributed by atoms with van der Waals surface area (Å²) in [7, 11) is 0. The summed E-state index contributed by atoms with van der Waals surface area (Å²) in [6, 6.07) is 16.0. The summed E-state index contributed by atoms with van der Waals surface area (Å²) in [6.07, 6.45) is 0. The van der Waals surface area contributed by atoms with Gasteiger partial charge >= 0.3 is 0 Å². The number of fused-ring (bicyclic) bond motifs is 4. The van der Waals surface area contributed by atoms with E-state index in [0.29, 0.717) is 0 Å². The Morgan fingerprint density at radius 2 is 1.27 bits per heavy atom. The van der Waals surface area contributed by atoms with E-state index in [9.17, 15) is 10.2 Å². The minimum absolute atomic E-state index is 0.0341. The highest BCUT2D eigenvalue weighted by Gasteiger charge is 2.15. The van der Waals surface area contributed by atoms with E-state index < -0.39 is 0 Å². The van der Waals surface area contributed by atoms with Crippen LogP contribution in [0.25, 0.3) is 32.3 Å². The number of phenolic OH excluding ortho intramolecular Hbond substituents is 2. The van der Waals surface area contributed by atoms with Gasteiger partial charge in [-0.3, -0.25) is 0 Å². The molecule has 0 atom stereocenters. The lowest BCUT2D eigenvalue weighted by Crippen LogP contribution is -1.90. The van der Waals surface area contributed by atoms with Crippen LogP contribution in [0.5, 0.6) is 11.5 Å². The van der Waals surface area contributed by atoms with Gasteiger partial charge in [0.05, 0.1) is 0 Å². The molecule has 0 radical (unpaired) electrons. The molecule has 22 heavy (non-hydrogen) atoms. The van der Waals surface area contributed by atoms with E-state index in [4.69, 9.17) is 0 Å². The summed E-state index contributed by atoms with van der Waals surface area (Å²) >= 11 is 0. The van der Waals surface area contributed by atoms with Crippen LogP contribution in [0, 0.1) is 13.8 Å². The molecule has 0 spiro atoms. The van der Waals surface area contributed by atoms with Crippen LogP contribution in [0.2, 0.25) is 0 Å². The molecule has 0 heterocycles. The molecule has 0 aliphatic heterocycles. The van der Waals surface area contributed by atoms with Gasteiger partial charge in [0.15, 0.2) is 11.5 Å². The molecule has 108 valence electrons. The molecule has 0 aliphatic rings. The number of aryl methyl sites for hydroxylation is 2. The third-order valence-electron chi connectivity index (χ3n) is 4.64. The second-order valence-electron chi connectivity index (χ2n) is 5.82. The molecule has 2 heteroatoms. The number of rotatable bonds is 0. The Balaban J connectivity index is 2.37. The molecular weight excluding hydrogens is 272 g/mol. The van der Waals surface area contributed by atoms with Gasteiger partial charge in [-0.15, -0.1) is 0 Å². The predicted molar refractivity (Wildman–Crippen MR) is 91.8 cm³/mol. The molecule has 0 amide bonds. The van der Waals surface area contributed by atoms with Crippen LogP contribution in [0.15, 0.2) is 48.5 Å². The molecule has 0 unspecified atom stereocenters. The number of hydrogen-bond donors (Lipinski definition) is 2. The summed E-state index contributed by atoms with van der Waals surface area (Å²) in [5, 5.41) is 26.6. The average Bonchev–Trinajstić information content (AvgIpc) is 2.54. The van der Waals surface area contributed by atoms with Crippen molar-refractivity contribution in [3.8, 4) is 11.5 Å². The van der Waals surface area contributed by atoms with Gasteiger partial charge in [-0.25, -0.2) is 0 Å². The predicted octanol–water partition coefficient (Wildman–Crippen LogP) is 5.17. The summed E-state index contributed by atoms with van der Waals surface area (Å²) in [5.74, 6) is -0.108. The first-order valence-electron chi connectivity index (χ1n) is 7.35. The smallest absolute Gasteiger partial charge is 0.165 e. The van der Waals surface area contributed by atoms with E-state index in [1.165, 1.54) is 16.2 Å². The first kappa shape index (κ1) is 13.0. The Labute approximate surface area is 128 Å². The maximum atomic E-state index is 10.3. The van der Waals surface area contributed by atoms with Crippen LogP contribution in [-0.2, 0) is 0 Å². The van der Waals surface area contributed by atoms with Crippen molar-refractivity contribution >= 4 is 32.3 Å². The zero-order valence-corrected chi connectivity index (χ0v) is 12.5. The van der Waals surface area contributed by atoms with Crippen LogP contribution in [0.4, 0.5) is 0 Å². The number of hydrogen-bond acceptors (Lipinski definition) is 2. The fourth-order valence-corrected chi connectivity index (χ4v) is 3.53. The summed E-state index contributed by atoms with van der Waals surface area (Å²) in [6.45, 7) is 4.07. The van der Waals surface area contributed by atoms with Crippen molar-refractivity contribution in [2.24, 2.45) is 0 Å². The van der Waals surface area contributed by atoms with Crippen molar-refractivity contribution in [1.82, 2.24) is 0 Å². The molecule has 4 rings (SSSR count). The number of benzene rings is 4. The van der Waals surface area contributed by atoms with E-state index in [-0.39, 0.29) is 11.5 Å². The van der Waals surface area contributed by atoms with Crippen molar-refractivity contribution in [3.05, 3.63) is 59.7 Å². The Morgan fingerprint density at radius 1 is 0.636 bits per heavy atom. The minimum atomic E-state index is -0.0739. The molecular formula is C20H16O2. The standard InChI is InChI=1S/C20H16O2/c1-11-15-9-10-17(21)20(22)19(15)12(2)14-8-7-13-5-3-4-6-16(13)18(11)14/h3-10,21-22H,1-2H3. The number of phenols is 2. The second-order valence-corrected chi connectivity index (χ2v) is 5.82. The van der Waals surface area contributed by atoms with Crippen LogP contribution in [0.1, 0.15) is 11.1 Å². The lowest BCUT2D eigenvalue weighted by molar-refractivity contribution is 0.408. The summed E-state index contributed by atoms with van der Waals surface area (Å²) in [5.41, 5.74) is 2.12. The minimum Gasteiger partial charge on any atom is -0.504 e. The zero-order valence-electron chi connectivity index (χ0n) is 12.5. The van der Waals surface area contributed by atoms with Crippen LogP contribution in [0.3, 0.4) is 0 Å². The van der Waals surface area contributed by atoms with E-state index >= 15 is 0 Å². The maximum Gasteiger partial charge on any atom is 0.165 e. The molecule has 0 bridgehead atoms. The zero-order chi connectivity index (χ0) is 15.4. The topological polar surface area (TPSA) is 40.5 Å². The van der Waals surface area contributed by atoms with Crippen molar-refractivity contribution in [3.63, 3.8) is 0 Å². The molecule has 2 N–H and O–H groups in total. The molecule has 0 aromatic heterocycles. The van der Waals surface area contributed by atoms with Gasteiger partial charge in [0.25, 0.3) is 0 Å². The van der Waals surface area contributed by atoms with E-state index in [1.807, 2.05) is 19.1 Å². The summed E-state index contributed by atoms with van der Waals surface area (Å²) < 4.78 is 0. The van der Waals surface area contributed by atoms with Crippen LogP contribution >= 0.6 is 0 Å². The fourth-order valence-electron chi connectivity index (χ4n) is 3.53. The molecule has 0 fully saturated rings.